The lowest BCUT2D eigenvalue weighted by molar-refractivity contribution is 0.0635. The number of nitrogens with zero attached hydrogens (tertiary/aromatic N) is 2. The third-order valence-corrected chi connectivity index (χ3v) is 6.30. The van der Waals surface area contributed by atoms with Gasteiger partial charge in [0, 0.05) is 36.9 Å². The van der Waals surface area contributed by atoms with Crippen molar-refractivity contribution >= 4 is 39.2 Å². The molecule has 0 atom stereocenters. The smallest absolute Gasteiger partial charge is 0.321 e. The predicted molar refractivity (Wildman–Crippen MR) is 108 cm³/mol. The molecule has 0 aliphatic carbocycles. The number of carbonyl (C=O) groups excluding carboxylic acids is 2. The van der Waals surface area contributed by atoms with Crippen LogP contribution in [0.5, 0.6) is 0 Å². The fourth-order valence-electron chi connectivity index (χ4n) is 2.82. The number of hydrogen-bond acceptors (Lipinski definition) is 5. The van der Waals surface area contributed by atoms with Gasteiger partial charge in [0.25, 0.3) is 15.9 Å². The van der Waals surface area contributed by atoms with Crippen LogP contribution in [0.1, 0.15) is 16.1 Å². The molecule has 1 fully saturated rings. The lowest BCUT2D eigenvalue weighted by atomic mass is 10.2. The van der Waals surface area contributed by atoms with Crippen LogP contribution >= 0.6 is 11.6 Å². The number of furan rings is 1. The number of anilines is 1. The van der Waals surface area contributed by atoms with Crippen LogP contribution in [0.15, 0.2) is 39.8 Å². The zero-order valence-corrected chi connectivity index (χ0v) is 17.5. The van der Waals surface area contributed by atoms with Gasteiger partial charge in [0.1, 0.15) is 0 Å². The van der Waals surface area contributed by atoms with Crippen molar-refractivity contribution in [3.8, 4) is 0 Å². The molecular weight excluding hydrogens is 420 g/mol. The van der Waals surface area contributed by atoms with E-state index in [2.05, 4.69) is 10.0 Å². The van der Waals surface area contributed by atoms with Crippen LogP contribution in [0.25, 0.3) is 0 Å². The minimum atomic E-state index is -3.76. The summed E-state index contributed by atoms with van der Waals surface area (Å²) in [6.07, 6.45) is 0. The molecule has 0 bridgehead atoms. The van der Waals surface area contributed by atoms with Crippen LogP contribution in [0, 0.1) is 6.92 Å². The minimum Gasteiger partial charge on any atom is -0.438 e. The molecule has 1 aromatic carbocycles. The zero-order chi connectivity index (χ0) is 21.2. The van der Waals surface area contributed by atoms with Gasteiger partial charge in [-0.25, -0.2) is 17.9 Å². The largest absolute Gasteiger partial charge is 0.438 e. The second-order valence-electron chi connectivity index (χ2n) is 6.50. The number of urea groups is 1. The number of piperazine rings is 1. The van der Waals surface area contributed by atoms with E-state index in [-0.39, 0.29) is 16.9 Å². The SMILES string of the molecule is CNS(=O)(=O)c1ccc(C(=O)N2CCN(C(=O)Nc3ccc(C)c(Cl)c3)CC2)o1. The van der Waals surface area contributed by atoms with Crippen LogP contribution in [-0.4, -0.2) is 63.4 Å². The molecule has 3 rings (SSSR count). The lowest BCUT2D eigenvalue weighted by Crippen LogP contribution is -2.51. The van der Waals surface area contributed by atoms with Crippen LogP contribution in [-0.2, 0) is 10.0 Å². The fourth-order valence-corrected chi connectivity index (χ4v) is 3.65. The number of benzene rings is 1. The van der Waals surface area contributed by atoms with E-state index in [0.29, 0.717) is 36.9 Å². The van der Waals surface area contributed by atoms with Gasteiger partial charge in [-0.3, -0.25) is 4.79 Å². The Hall–Kier alpha value is -2.56. The topological polar surface area (TPSA) is 112 Å². The highest BCUT2D eigenvalue weighted by atomic mass is 35.5. The van der Waals surface area contributed by atoms with E-state index < -0.39 is 15.9 Å². The number of aryl methyl sites for hydroxylation is 1. The molecule has 11 heteroatoms. The van der Waals surface area contributed by atoms with E-state index in [0.717, 1.165) is 5.56 Å². The number of rotatable bonds is 4. The maximum atomic E-state index is 12.5. The zero-order valence-electron chi connectivity index (χ0n) is 15.9. The van der Waals surface area contributed by atoms with Gasteiger partial charge < -0.3 is 19.5 Å². The summed E-state index contributed by atoms with van der Waals surface area (Å²) < 4.78 is 30.8. The van der Waals surface area contributed by atoms with Gasteiger partial charge in [-0.15, -0.1) is 0 Å². The van der Waals surface area contributed by atoms with Crippen molar-refractivity contribution in [3.05, 3.63) is 46.7 Å². The van der Waals surface area contributed by atoms with E-state index in [4.69, 9.17) is 16.0 Å². The normalized spacial score (nSPS) is 14.7. The quantitative estimate of drug-likeness (QED) is 0.756. The highest BCUT2D eigenvalue weighted by molar-refractivity contribution is 7.89. The Bertz CT molecular complexity index is 1030. The van der Waals surface area contributed by atoms with E-state index in [1.807, 2.05) is 13.0 Å². The van der Waals surface area contributed by atoms with Crippen molar-refractivity contribution in [1.29, 1.82) is 0 Å². The molecule has 1 aromatic heterocycles. The lowest BCUT2D eigenvalue weighted by Gasteiger charge is -2.34. The molecule has 0 saturated carbocycles. The molecule has 3 amide bonds. The Morgan fingerprint density at radius 3 is 2.34 bits per heavy atom. The molecular formula is C18H21ClN4O5S. The first kappa shape index (κ1) is 21.2. The number of sulfonamides is 1. The first-order chi connectivity index (χ1) is 13.7. The van der Waals surface area contributed by atoms with Gasteiger partial charge in [0.2, 0.25) is 5.09 Å². The van der Waals surface area contributed by atoms with Gasteiger partial charge in [-0.05, 0) is 43.8 Å². The first-order valence-corrected chi connectivity index (χ1v) is 10.7. The van der Waals surface area contributed by atoms with Crippen LogP contribution in [0.4, 0.5) is 10.5 Å². The fraction of sp³-hybridized carbons (Fsp3) is 0.333. The van der Waals surface area contributed by atoms with Gasteiger partial charge >= 0.3 is 6.03 Å². The van der Waals surface area contributed by atoms with Crippen LogP contribution in [0.3, 0.4) is 0 Å². The molecule has 2 aromatic rings. The molecule has 156 valence electrons. The Kier molecular flexibility index (Phi) is 6.15. The molecule has 0 radical (unpaired) electrons. The number of hydrogen-bond donors (Lipinski definition) is 2. The molecule has 2 heterocycles. The third kappa shape index (κ3) is 4.72. The summed E-state index contributed by atoms with van der Waals surface area (Å²) in [7, 11) is -2.50. The summed E-state index contributed by atoms with van der Waals surface area (Å²) in [5.74, 6) is -0.487. The highest BCUT2D eigenvalue weighted by Crippen LogP contribution is 2.21. The van der Waals surface area contributed by atoms with Crippen molar-refractivity contribution in [2.45, 2.75) is 12.0 Å². The summed E-state index contributed by atoms with van der Waals surface area (Å²) in [6, 6.07) is 7.55. The standard InChI is InChI=1S/C18H21ClN4O5S/c1-12-3-4-13(11-14(12)19)21-18(25)23-9-7-22(8-10-23)17(24)15-5-6-16(28-15)29(26,27)20-2/h3-6,11,20H,7-10H2,1-2H3,(H,21,25). The molecule has 0 spiro atoms. The molecule has 0 unspecified atom stereocenters. The van der Waals surface area contributed by atoms with Crippen molar-refractivity contribution in [3.63, 3.8) is 0 Å². The summed E-state index contributed by atoms with van der Waals surface area (Å²) in [5, 5.41) is 3.03. The highest BCUT2D eigenvalue weighted by Gasteiger charge is 2.28. The number of carbonyl (C=O) groups is 2. The Morgan fingerprint density at radius 1 is 1.07 bits per heavy atom. The Balaban J connectivity index is 1.57. The number of amides is 3. The molecule has 1 aliphatic rings. The summed E-state index contributed by atoms with van der Waals surface area (Å²) in [6.45, 7) is 3.14. The molecule has 29 heavy (non-hydrogen) atoms. The van der Waals surface area contributed by atoms with Crippen molar-refractivity contribution in [1.82, 2.24) is 14.5 Å². The van der Waals surface area contributed by atoms with Crippen molar-refractivity contribution in [2.75, 3.05) is 38.5 Å². The van der Waals surface area contributed by atoms with E-state index in [1.165, 1.54) is 24.1 Å². The van der Waals surface area contributed by atoms with Gasteiger partial charge in [0.15, 0.2) is 5.76 Å². The summed E-state index contributed by atoms with van der Waals surface area (Å²) in [5.41, 5.74) is 1.51. The Morgan fingerprint density at radius 2 is 1.72 bits per heavy atom. The first-order valence-electron chi connectivity index (χ1n) is 8.86. The molecule has 1 aliphatic heterocycles. The average Bonchev–Trinajstić information content (AvgIpc) is 3.21. The van der Waals surface area contributed by atoms with Gasteiger partial charge in [-0.1, -0.05) is 17.7 Å². The number of nitrogens with one attached hydrogen (secondary N) is 2. The summed E-state index contributed by atoms with van der Waals surface area (Å²) in [4.78, 5) is 28.1. The minimum absolute atomic E-state index is 0.0639. The third-order valence-electron chi connectivity index (χ3n) is 4.60. The second kappa shape index (κ2) is 8.44. The Labute approximate surface area is 173 Å². The van der Waals surface area contributed by atoms with Crippen LogP contribution in [0.2, 0.25) is 5.02 Å². The maximum Gasteiger partial charge on any atom is 0.321 e. The maximum absolute atomic E-state index is 12.5. The monoisotopic (exact) mass is 440 g/mol. The molecule has 2 N–H and O–H groups in total. The van der Waals surface area contributed by atoms with Crippen molar-refractivity contribution in [2.24, 2.45) is 0 Å². The number of halogens is 1. The van der Waals surface area contributed by atoms with Crippen LogP contribution < -0.4 is 10.0 Å². The van der Waals surface area contributed by atoms with E-state index >= 15 is 0 Å². The second-order valence-corrected chi connectivity index (χ2v) is 8.72. The average molecular weight is 441 g/mol. The summed E-state index contributed by atoms with van der Waals surface area (Å²) >= 11 is 6.07. The van der Waals surface area contributed by atoms with Gasteiger partial charge in [-0.2, -0.15) is 0 Å². The van der Waals surface area contributed by atoms with Crippen molar-refractivity contribution < 1.29 is 22.4 Å². The van der Waals surface area contributed by atoms with E-state index in [9.17, 15) is 18.0 Å². The predicted octanol–water partition coefficient (Wildman–Crippen LogP) is 2.14. The van der Waals surface area contributed by atoms with Gasteiger partial charge in [0.05, 0.1) is 0 Å². The molecule has 1 saturated heterocycles. The molecule has 9 nitrogen and oxygen atoms in total. The van der Waals surface area contributed by atoms with E-state index in [1.54, 1.807) is 17.0 Å².